The Kier molecular flexibility index (Phi) is 6.74. The Morgan fingerprint density at radius 1 is 0.909 bits per heavy atom. The summed E-state index contributed by atoms with van der Waals surface area (Å²) in [6, 6.07) is 17.9. The summed E-state index contributed by atoms with van der Waals surface area (Å²) in [6.07, 6.45) is 3.52. The fourth-order valence-electron chi connectivity index (χ4n) is 6.39. The first-order valence-electron chi connectivity index (χ1n) is 14.5. The molecular formula is C35H30N2O4S3. The molecule has 0 unspecified atom stereocenters. The second-order valence-corrected chi connectivity index (χ2v) is 16.1. The van der Waals surface area contributed by atoms with Crippen molar-refractivity contribution in [3.63, 3.8) is 0 Å². The van der Waals surface area contributed by atoms with Crippen molar-refractivity contribution in [3.05, 3.63) is 80.5 Å². The summed E-state index contributed by atoms with van der Waals surface area (Å²) in [5.41, 5.74) is 4.44. The molecule has 222 valence electrons. The van der Waals surface area contributed by atoms with Gasteiger partial charge in [0.15, 0.2) is 0 Å². The molecule has 1 N–H and O–H groups in total. The SMILES string of the molecule is CC1(C)CCN2CCC(C)(C)c3c2c1cc1cc(-c2ccc(-c4ccc(-c5ccc(/C=C(\C#N)C(=O)O)s5)s4)s2)c(=O)oc31. The van der Waals surface area contributed by atoms with Gasteiger partial charge in [-0.3, -0.25) is 0 Å². The van der Waals surface area contributed by atoms with Crippen LogP contribution in [0.1, 0.15) is 56.5 Å². The van der Waals surface area contributed by atoms with Crippen LogP contribution >= 0.6 is 34.0 Å². The van der Waals surface area contributed by atoms with E-state index in [-0.39, 0.29) is 22.0 Å². The summed E-state index contributed by atoms with van der Waals surface area (Å²) in [7, 11) is 0. The van der Waals surface area contributed by atoms with Crippen LogP contribution in [0.25, 0.3) is 47.0 Å². The maximum absolute atomic E-state index is 13.6. The number of carboxylic acid groups (broad SMARTS) is 1. The van der Waals surface area contributed by atoms with Gasteiger partial charge >= 0.3 is 11.6 Å². The zero-order valence-electron chi connectivity index (χ0n) is 24.8. The van der Waals surface area contributed by atoms with Crippen molar-refractivity contribution >= 4 is 62.7 Å². The van der Waals surface area contributed by atoms with Gasteiger partial charge in [0.25, 0.3) is 0 Å². The van der Waals surface area contributed by atoms with E-state index < -0.39 is 5.97 Å². The van der Waals surface area contributed by atoms with Crippen LogP contribution in [0.15, 0.2) is 63.3 Å². The monoisotopic (exact) mass is 638 g/mol. The highest BCUT2D eigenvalue weighted by atomic mass is 32.1. The number of carboxylic acids is 1. The molecule has 0 bridgehead atoms. The predicted molar refractivity (Wildman–Crippen MR) is 181 cm³/mol. The standard InChI is InChI=1S/C35H30N2O4S3/c1-34(2)11-13-37-14-12-35(3,4)29-30(37)23(34)17-19-16-22(33(40)41-31(19)29)24-7-8-27(43-24)28-10-9-26(44-28)25-6-5-21(42-25)15-20(18-36)32(38)39/h5-10,15-17H,11-14H2,1-4H3,(H,38,39)/b20-15+. The zero-order valence-corrected chi connectivity index (χ0v) is 27.3. The van der Waals surface area contributed by atoms with Gasteiger partial charge in [0, 0.05) is 59.0 Å². The Labute approximate surface area is 267 Å². The molecule has 0 saturated carbocycles. The molecule has 2 aliphatic rings. The van der Waals surface area contributed by atoms with Crippen LogP contribution in [0, 0.1) is 11.3 Å². The highest BCUT2D eigenvalue weighted by Gasteiger charge is 2.42. The van der Waals surface area contributed by atoms with Crippen molar-refractivity contribution in [1.82, 2.24) is 0 Å². The minimum Gasteiger partial charge on any atom is -0.477 e. The van der Waals surface area contributed by atoms with E-state index in [1.54, 1.807) is 28.7 Å². The van der Waals surface area contributed by atoms with Crippen LogP contribution in [-0.4, -0.2) is 24.2 Å². The molecule has 0 aliphatic carbocycles. The highest BCUT2D eigenvalue weighted by molar-refractivity contribution is 7.27. The normalized spacial score (nSPS) is 17.0. The number of nitriles is 1. The smallest absolute Gasteiger partial charge is 0.346 e. The van der Waals surface area contributed by atoms with E-state index in [1.165, 1.54) is 34.2 Å². The summed E-state index contributed by atoms with van der Waals surface area (Å²) in [5.74, 6) is -1.23. The van der Waals surface area contributed by atoms with Gasteiger partial charge in [-0.1, -0.05) is 27.7 Å². The van der Waals surface area contributed by atoms with Crippen LogP contribution in [0.2, 0.25) is 0 Å². The van der Waals surface area contributed by atoms with Crippen LogP contribution in [-0.2, 0) is 15.6 Å². The number of aliphatic carboxylic acids is 1. The first kappa shape index (κ1) is 28.8. The Balaban J connectivity index is 1.25. The van der Waals surface area contributed by atoms with Crippen molar-refractivity contribution in [3.8, 4) is 36.0 Å². The lowest BCUT2D eigenvalue weighted by molar-refractivity contribution is -0.132. The summed E-state index contributed by atoms with van der Waals surface area (Å²) in [5, 5.41) is 19.2. The van der Waals surface area contributed by atoms with Crippen molar-refractivity contribution in [2.75, 3.05) is 18.0 Å². The van der Waals surface area contributed by atoms with E-state index in [2.05, 4.69) is 50.8 Å². The quantitative estimate of drug-likeness (QED) is 0.117. The number of carbonyl (C=O) groups is 1. The molecule has 0 atom stereocenters. The maximum atomic E-state index is 13.6. The lowest BCUT2D eigenvalue weighted by Crippen LogP contribution is -2.44. The predicted octanol–water partition coefficient (Wildman–Crippen LogP) is 9.14. The average Bonchev–Trinajstić information content (AvgIpc) is 3.75. The van der Waals surface area contributed by atoms with Crippen LogP contribution < -0.4 is 10.5 Å². The molecule has 1 aromatic carbocycles. The Morgan fingerprint density at radius 3 is 2.16 bits per heavy atom. The number of nitrogens with zero attached hydrogens (tertiary/aromatic N) is 2. The molecule has 0 amide bonds. The van der Waals surface area contributed by atoms with Crippen molar-refractivity contribution < 1.29 is 14.3 Å². The molecular weight excluding hydrogens is 609 g/mol. The number of benzene rings is 1. The minimum absolute atomic E-state index is 0.0410. The van der Waals surface area contributed by atoms with Gasteiger partial charge in [-0.25, -0.2) is 9.59 Å². The maximum Gasteiger partial charge on any atom is 0.346 e. The molecule has 6 heterocycles. The van der Waals surface area contributed by atoms with Crippen molar-refractivity contribution in [2.24, 2.45) is 0 Å². The largest absolute Gasteiger partial charge is 0.477 e. The fraction of sp³-hybridized carbons (Fsp3) is 0.286. The van der Waals surface area contributed by atoms with Gasteiger partial charge < -0.3 is 14.4 Å². The number of rotatable bonds is 5. The van der Waals surface area contributed by atoms with E-state index in [9.17, 15) is 9.59 Å². The summed E-state index contributed by atoms with van der Waals surface area (Å²) >= 11 is 4.66. The van der Waals surface area contributed by atoms with Crippen LogP contribution in [0.4, 0.5) is 5.69 Å². The van der Waals surface area contributed by atoms with Gasteiger partial charge in [-0.15, -0.1) is 34.0 Å². The molecule has 5 aromatic rings. The molecule has 7 rings (SSSR count). The molecule has 0 spiro atoms. The number of hydrogen-bond acceptors (Lipinski definition) is 8. The Bertz CT molecular complexity index is 2110. The van der Waals surface area contributed by atoms with E-state index in [0.29, 0.717) is 10.4 Å². The lowest BCUT2D eigenvalue weighted by Gasteiger charge is -2.48. The molecule has 0 radical (unpaired) electrons. The summed E-state index contributed by atoms with van der Waals surface area (Å²) in [6.45, 7) is 11.2. The zero-order chi connectivity index (χ0) is 31.0. The summed E-state index contributed by atoms with van der Waals surface area (Å²) in [4.78, 5) is 33.0. The molecule has 6 nitrogen and oxygen atoms in total. The molecule has 44 heavy (non-hydrogen) atoms. The van der Waals surface area contributed by atoms with Crippen molar-refractivity contribution in [1.29, 1.82) is 5.26 Å². The number of thiophene rings is 3. The van der Waals surface area contributed by atoms with Gasteiger partial charge in [-0.2, -0.15) is 5.26 Å². The van der Waals surface area contributed by atoms with Crippen molar-refractivity contribution in [2.45, 2.75) is 51.4 Å². The van der Waals surface area contributed by atoms with E-state index in [4.69, 9.17) is 14.8 Å². The molecule has 2 aliphatic heterocycles. The lowest BCUT2D eigenvalue weighted by atomic mass is 9.69. The van der Waals surface area contributed by atoms with E-state index >= 15 is 0 Å². The topological polar surface area (TPSA) is 94.5 Å². The van der Waals surface area contributed by atoms with Crippen LogP contribution in [0.5, 0.6) is 0 Å². The first-order valence-corrected chi connectivity index (χ1v) is 17.0. The second kappa shape index (κ2) is 10.3. The van der Waals surface area contributed by atoms with E-state index in [1.807, 2.05) is 30.3 Å². The van der Waals surface area contributed by atoms with Gasteiger partial charge in [-0.05, 0) is 83.8 Å². The first-order chi connectivity index (χ1) is 20.9. The van der Waals surface area contributed by atoms with Gasteiger partial charge in [0.2, 0.25) is 0 Å². The average molecular weight is 639 g/mol. The Morgan fingerprint density at radius 2 is 1.50 bits per heavy atom. The molecule has 4 aromatic heterocycles. The third-order valence-electron chi connectivity index (χ3n) is 8.96. The Hall–Kier alpha value is -3.97. The third kappa shape index (κ3) is 4.73. The van der Waals surface area contributed by atoms with Gasteiger partial charge in [0.1, 0.15) is 17.2 Å². The van der Waals surface area contributed by atoms with E-state index in [0.717, 1.165) is 61.3 Å². The van der Waals surface area contributed by atoms with Crippen LogP contribution in [0.3, 0.4) is 0 Å². The number of fused-ring (bicyclic) bond motifs is 2. The number of anilines is 1. The number of hydrogen-bond donors (Lipinski definition) is 1. The van der Waals surface area contributed by atoms with Gasteiger partial charge in [0.05, 0.1) is 5.56 Å². The second-order valence-electron chi connectivity index (χ2n) is 12.8. The fourth-order valence-corrected chi connectivity index (χ4v) is 9.54. The minimum atomic E-state index is -1.23. The summed E-state index contributed by atoms with van der Waals surface area (Å²) < 4.78 is 6.22. The molecule has 0 saturated heterocycles. The third-order valence-corrected chi connectivity index (χ3v) is 12.6. The molecule has 9 heteroatoms. The highest BCUT2D eigenvalue weighted by Crippen LogP contribution is 2.52. The molecule has 0 fully saturated rings.